The van der Waals surface area contributed by atoms with Gasteiger partial charge in [-0.15, -0.1) is 10.2 Å². The van der Waals surface area contributed by atoms with Crippen molar-refractivity contribution in [3.05, 3.63) is 40.3 Å². The Morgan fingerprint density at radius 2 is 1.95 bits per heavy atom. The zero-order chi connectivity index (χ0) is 14.0. The highest BCUT2D eigenvalue weighted by Crippen LogP contribution is 2.27. The van der Waals surface area contributed by atoms with Crippen molar-refractivity contribution in [3.63, 3.8) is 0 Å². The van der Waals surface area contributed by atoms with Crippen molar-refractivity contribution in [3.8, 4) is 0 Å². The van der Waals surface area contributed by atoms with Crippen molar-refractivity contribution in [2.45, 2.75) is 26.2 Å². The van der Waals surface area contributed by atoms with E-state index in [1.54, 1.807) is 0 Å². The van der Waals surface area contributed by atoms with Gasteiger partial charge in [-0.1, -0.05) is 32.1 Å². The number of anilines is 1. The van der Waals surface area contributed by atoms with Gasteiger partial charge in [0.25, 0.3) is 5.91 Å². The molecule has 0 bridgehead atoms. The number of hydrogen-bond acceptors (Lipinski definition) is 5. The molecular weight excluding hydrogens is 264 g/mol. The maximum atomic E-state index is 11.9. The minimum atomic E-state index is -0.308. The van der Waals surface area contributed by atoms with Crippen LogP contribution in [0.3, 0.4) is 0 Å². The van der Waals surface area contributed by atoms with Crippen molar-refractivity contribution < 1.29 is 9.52 Å². The van der Waals surface area contributed by atoms with E-state index in [0.29, 0.717) is 15.4 Å². The van der Waals surface area contributed by atoms with Crippen molar-refractivity contribution in [2.24, 2.45) is 0 Å². The maximum absolute atomic E-state index is 11.9. The van der Waals surface area contributed by atoms with Crippen LogP contribution in [-0.2, 0) is 5.41 Å². The highest BCUT2D eigenvalue weighted by molar-refractivity contribution is 7.15. The van der Waals surface area contributed by atoms with Gasteiger partial charge in [-0.2, -0.15) is 4.73 Å². The second-order valence-corrected chi connectivity index (χ2v) is 6.04. The van der Waals surface area contributed by atoms with E-state index in [1.165, 1.54) is 35.9 Å². The average molecular weight is 278 g/mol. The second-order valence-electron chi connectivity index (χ2n) is 5.06. The van der Waals surface area contributed by atoms with Gasteiger partial charge >= 0.3 is 0 Å². The third-order valence-electron chi connectivity index (χ3n) is 2.35. The summed E-state index contributed by atoms with van der Waals surface area (Å²) in [4.78, 5) is 11.9. The monoisotopic (exact) mass is 278 g/mol. The summed E-state index contributed by atoms with van der Waals surface area (Å²) >= 11 is 1.34. The predicted octanol–water partition coefficient (Wildman–Crippen LogP) is 1.72. The summed E-state index contributed by atoms with van der Waals surface area (Å²) in [6.07, 6.45) is 2.55. The smallest absolute Gasteiger partial charge is 0.257 e. The third kappa shape index (κ3) is 3.25. The predicted molar refractivity (Wildman–Crippen MR) is 72.0 cm³/mol. The van der Waals surface area contributed by atoms with Crippen molar-refractivity contribution in [1.82, 2.24) is 10.2 Å². The van der Waals surface area contributed by atoms with Crippen LogP contribution in [0.25, 0.3) is 0 Å². The van der Waals surface area contributed by atoms with Gasteiger partial charge < -0.3 is 5.21 Å². The summed E-state index contributed by atoms with van der Waals surface area (Å²) in [7, 11) is 0. The van der Waals surface area contributed by atoms with E-state index in [0.717, 1.165) is 5.01 Å². The Bertz CT molecular complexity index is 587. The van der Waals surface area contributed by atoms with Crippen LogP contribution >= 0.6 is 11.3 Å². The van der Waals surface area contributed by atoms with E-state index < -0.39 is 0 Å². The van der Waals surface area contributed by atoms with Crippen molar-refractivity contribution >= 4 is 22.4 Å². The molecule has 0 aromatic carbocycles. The average Bonchev–Trinajstić information content (AvgIpc) is 2.78. The van der Waals surface area contributed by atoms with Gasteiger partial charge in [0.15, 0.2) is 12.4 Å². The maximum Gasteiger partial charge on any atom is 0.257 e. The van der Waals surface area contributed by atoms with Gasteiger partial charge in [0.05, 0.1) is 5.56 Å². The molecule has 2 rings (SSSR count). The molecule has 7 heteroatoms. The van der Waals surface area contributed by atoms with Crippen molar-refractivity contribution in [2.75, 3.05) is 5.32 Å². The standard InChI is InChI=1S/C12H14N4O2S/c1-12(2,3)10-14-15-11(19-10)13-9(17)8-4-6-16(18)7-5-8/h4-7H,1-3H3,(H,13,15,17). The van der Waals surface area contributed by atoms with Crippen LogP contribution in [0.2, 0.25) is 0 Å². The molecule has 0 aliphatic heterocycles. The topological polar surface area (TPSA) is 81.8 Å². The van der Waals surface area contributed by atoms with Crippen LogP contribution in [0.5, 0.6) is 0 Å². The van der Waals surface area contributed by atoms with E-state index in [9.17, 15) is 10.0 Å². The minimum absolute atomic E-state index is 0.0957. The van der Waals surface area contributed by atoms with Gasteiger partial charge in [0.2, 0.25) is 5.13 Å². The lowest BCUT2D eigenvalue weighted by atomic mass is 9.98. The SMILES string of the molecule is CC(C)(C)c1nnc(NC(=O)c2cc[n+]([O-])cc2)s1. The lowest BCUT2D eigenvalue weighted by Crippen LogP contribution is -2.25. The fraction of sp³-hybridized carbons (Fsp3) is 0.333. The van der Waals surface area contributed by atoms with Crippen LogP contribution in [0.1, 0.15) is 36.1 Å². The highest BCUT2D eigenvalue weighted by Gasteiger charge is 2.20. The Labute approximate surface area is 114 Å². The molecule has 0 saturated heterocycles. The summed E-state index contributed by atoms with van der Waals surface area (Å²) in [5, 5.41) is 22.8. The molecule has 0 aliphatic carbocycles. The van der Waals surface area contributed by atoms with E-state index in [4.69, 9.17) is 0 Å². The molecule has 0 atom stereocenters. The highest BCUT2D eigenvalue weighted by atomic mass is 32.1. The number of nitrogens with one attached hydrogen (secondary N) is 1. The van der Waals surface area contributed by atoms with Crippen LogP contribution in [0.15, 0.2) is 24.5 Å². The molecule has 1 N–H and O–H groups in total. The molecule has 2 aromatic heterocycles. The quantitative estimate of drug-likeness (QED) is 0.670. The molecule has 2 aromatic rings. The molecule has 2 heterocycles. The van der Waals surface area contributed by atoms with E-state index in [1.807, 2.05) is 20.8 Å². The molecule has 0 unspecified atom stereocenters. The van der Waals surface area contributed by atoms with Crippen LogP contribution in [0.4, 0.5) is 5.13 Å². The van der Waals surface area contributed by atoms with E-state index in [-0.39, 0.29) is 11.3 Å². The Morgan fingerprint density at radius 1 is 1.32 bits per heavy atom. The number of hydrogen-bond donors (Lipinski definition) is 1. The van der Waals surface area contributed by atoms with Gasteiger partial charge in [-0.05, 0) is 0 Å². The van der Waals surface area contributed by atoms with Crippen LogP contribution in [0, 0.1) is 5.21 Å². The van der Waals surface area contributed by atoms with Gasteiger partial charge in [-0.25, -0.2) is 0 Å². The largest absolute Gasteiger partial charge is 0.619 e. The summed E-state index contributed by atoms with van der Waals surface area (Å²) in [5.74, 6) is -0.308. The van der Waals surface area contributed by atoms with Crippen LogP contribution < -0.4 is 10.0 Å². The Kier molecular flexibility index (Phi) is 3.48. The van der Waals surface area contributed by atoms with Crippen molar-refractivity contribution in [1.29, 1.82) is 0 Å². The summed E-state index contributed by atoms with van der Waals surface area (Å²) < 4.78 is 0.624. The normalized spacial score (nSPS) is 11.3. The molecule has 0 saturated carbocycles. The lowest BCUT2D eigenvalue weighted by molar-refractivity contribution is -0.605. The lowest BCUT2D eigenvalue weighted by Gasteiger charge is -2.12. The van der Waals surface area contributed by atoms with Gasteiger partial charge in [-0.3, -0.25) is 10.1 Å². The molecular formula is C12H14N4O2S. The fourth-order valence-electron chi connectivity index (χ4n) is 1.31. The number of amides is 1. The second kappa shape index (κ2) is 4.93. The molecule has 0 radical (unpaired) electrons. The summed E-state index contributed by atoms with van der Waals surface area (Å²) in [6, 6.07) is 2.90. The van der Waals surface area contributed by atoms with E-state index >= 15 is 0 Å². The third-order valence-corrected chi connectivity index (χ3v) is 3.62. The van der Waals surface area contributed by atoms with Crippen LogP contribution in [-0.4, -0.2) is 16.1 Å². The van der Waals surface area contributed by atoms with E-state index in [2.05, 4.69) is 15.5 Å². The van der Waals surface area contributed by atoms with Gasteiger partial charge in [0, 0.05) is 17.5 Å². The molecule has 0 spiro atoms. The summed E-state index contributed by atoms with van der Waals surface area (Å²) in [6.45, 7) is 6.09. The number of carbonyl (C=O) groups excluding carboxylic acids is 1. The first kappa shape index (κ1) is 13.4. The minimum Gasteiger partial charge on any atom is -0.619 e. The summed E-state index contributed by atoms with van der Waals surface area (Å²) in [5.41, 5.74) is 0.307. The molecule has 100 valence electrons. The number of aromatic nitrogens is 3. The molecule has 0 fully saturated rings. The Morgan fingerprint density at radius 3 is 2.47 bits per heavy atom. The molecule has 0 aliphatic rings. The number of pyridine rings is 1. The first-order valence-electron chi connectivity index (χ1n) is 5.70. The van der Waals surface area contributed by atoms with Gasteiger partial charge in [0.1, 0.15) is 5.01 Å². The molecule has 6 nitrogen and oxygen atoms in total. The number of rotatable bonds is 2. The number of nitrogens with zero attached hydrogens (tertiary/aromatic N) is 3. The molecule has 19 heavy (non-hydrogen) atoms. The Hall–Kier alpha value is -2.02. The Balaban J connectivity index is 2.11. The zero-order valence-corrected chi connectivity index (χ0v) is 11.7. The first-order chi connectivity index (χ1) is 8.86. The zero-order valence-electron chi connectivity index (χ0n) is 10.9. The molecule has 1 amide bonds. The first-order valence-corrected chi connectivity index (χ1v) is 6.52. The number of carbonyl (C=O) groups is 1. The fourth-order valence-corrected chi connectivity index (χ4v) is 2.11.